The maximum absolute atomic E-state index is 12.4. The minimum Gasteiger partial charge on any atom is -0.392 e. The van der Waals surface area contributed by atoms with Gasteiger partial charge in [0.05, 0.1) is 11.5 Å². The fourth-order valence-corrected chi connectivity index (χ4v) is 3.87. The molecule has 0 bridgehead atoms. The normalized spacial score (nSPS) is 21.0. The quantitative estimate of drug-likeness (QED) is 0.849. The number of piperidine rings is 1. The van der Waals surface area contributed by atoms with Crippen LogP contribution in [0.3, 0.4) is 0 Å². The molecule has 20 heavy (non-hydrogen) atoms. The first-order chi connectivity index (χ1) is 9.55. The van der Waals surface area contributed by atoms with Crippen molar-refractivity contribution in [1.29, 1.82) is 0 Å². The minimum absolute atomic E-state index is 0.0357. The van der Waals surface area contributed by atoms with Gasteiger partial charge >= 0.3 is 0 Å². The molecule has 0 spiro atoms. The van der Waals surface area contributed by atoms with E-state index in [1.54, 1.807) is 18.2 Å². The molecule has 1 unspecified atom stereocenters. The standard InChI is InChI=1S/C14H22N2O3S/c1-2-16-8-4-6-13(10-16)15-20(18,19)14-7-3-5-12(9-14)11-17/h3,5,7,9,13,15,17H,2,4,6,8,10-11H2,1H3. The van der Waals surface area contributed by atoms with Crippen LogP contribution in [0.5, 0.6) is 0 Å². The molecule has 112 valence electrons. The third-order valence-corrected chi connectivity index (χ3v) is 5.18. The molecule has 0 radical (unpaired) electrons. The zero-order chi connectivity index (χ0) is 14.6. The molecular formula is C14H22N2O3S. The number of rotatable bonds is 5. The van der Waals surface area contributed by atoms with E-state index >= 15 is 0 Å². The molecule has 1 aliphatic heterocycles. The molecule has 1 fully saturated rings. The van der Waals surface area contributed by atoms with Crippen LogP contribution in [0.15, 0.2) is 29.2 Å². The van der Waals surface area contributed by atoms with Crippen molar-refractivity contribution in [3.8, 4) is 0 Å². The Hall–Kier alpha value is -0.950. The number of aliphatic hydroxyl groups is 1. The molecule has 1 aliphatic rings. The van der Waals surface area contributed by atoms with E-state index in [1.165, 1.54) is 6.07 Å². The summed E-state index contributed by atoms with van der Waals surface area (Å²) in [6, 6.07) is 6.40. The molecule has 1 atom stereocenters. The van der Waals surface area contributed by atoms with Crippen molar-refractivity contribution >= 4 is 10.0 Å². The van der Waals surface area contributed by atoms with Crippen molar-refractivity contribution in [3.05, 3.63) is 29.8 Å². The molecular weight excluding hydrogens is 276 g/mol. The lowest BCUT2D eigenvalue weighted by atomic mass is 10.1. The van der Waals surface area contributed by atoms with Gasteiger partial charge in [-0.25, -0.2) is 13.1 Å². The van der Waals surface area contributed by atoms with Crippen LogP contribution in [0.25, 0.3) is 0 Å². The van der Waals surface area contributed by atoms with E-state index in [2.05, 4.69) is 16.5 Å². The third-order valence-electron chi connectivity index (χ3n) is 3.67. The fraction of sp³-hybridized carbons (Fsp3) is 0.571. The second-order valence-corrected chi connectivity index (χ2v) is 6.87. The molecule has 0 aromatic heterocycles. The van der Waals surface area contributed by atoms with E-state index in [0.29, 0.717) is 5.56 Å². The number of likely N-dealkylation sites (N-methyl/N-ethyl adjacent to an activating group) is 1. The molecule has 0 saturated carbocycles. The monoisotopic (exact) mass is 298 g/mol. The summed E-state index contributed by atoms with van der Waals surface area (Å²) >= 11 is 0. The Labute approximate surface area is 120 Å². The molecule has 1 aromatic carbocycles. The van der Waals surface area contributed by atoms with Gasteiger partial charge in [-0.3, -0.25) is 0 Å². The largest absolute Gasteiger partial charge is 0.392 e. The Morgan fingerprint density at radius 3 is 2.95 bits per heavy atom. The number of likely N-dealkylation sites (tertiary alicyclic amines) is 1. The second-order valence-electron chi connectivity index (χ2n) is 5.16. The van der Waals surface area contributed by atoms with Gasteiger partial charge in [0, 0.05) is 12.6 Å². The zero-order valence-electron chi connectivity index (χ0n) is 11.7. The molecule has 1 saturated heterocycles. The third kappa shape index (κ3) is 3.79. The number of hydrogen-bond donors (Lipinski definition) is 2. The number of sulfonamides is 1. The Morgan fingerprint density at radius 1 is 1.45 bits per heavy atom. The highest BCUT2D eigenvalue weighted by Crippen LogP contribution is 2.15. The molecule has 6 heteroatoms. The Balaban J connectivity index is 2.10. The minimum atomic E-state index is -3.51. The van der Waals surface area contributed by atoms with Gasteiger partial charge < -0.3 is 10.0 Å². The topological polar surface area (TPSA) is 69.6 Å². The van der Waals surface area contributed by atoms with Gasteiger partial charge in [-0.2, -0.15) is 0 Å². The summed E-state index contributed by atoms with van der Waals surface area (Å²) in [5.74, 6) is 0. The lowest BCUT2D eigenvalue weighted by molar-refractivity contribution is 0.211. The predicted molar refractivity (Wildman–Crippen MR) is 77.8 cm³/mol. The average molecular weight is 298 g/mol. The number of nitrogens with one attached hydrogen (secondary N) is 1. The van der Waals surface area contributed by atoms with Crippen LogP contribution in [0.1, 0.15) is 25.3 Å². The van der Waals surface area contributed by atoms with E-state index in [4.69, 9.17) is 5.11 Å². The summed E-state index contributed by atoms with van der Waals surface area (Å²) in [6.45, 7) is 4.67. The van der Waals surface area contributed by atoms with Crippen molar-refractivity contribution in [2.24, 2.45) is 0 Å². The van der Waals surface area contributed by atoms with Crippen molar-refractivity contribution in [2.75, 3.05) is 19.6 Å². The van der Waals surface area contributed by atoms with E-state index in [1.807, 2.05) is 0 Å². The molecule has 0 amide bonds. The maximum Gasteiger partial charge on any atom is 0.240 e. The summed E-state index contributed by atoms with van der Waals surface area (Å²) in [7, 11) is -3.51. The number of nitrogens with zero attached hydrogens (tertiary/aromatic N) is 1. The van der Waals surface area contributed by atoms with Gasteiger partial charge in [0.2, 0.25) is 10.0 Å². The number of benzene rings is 1. The van der Waals surface area contributed by atoms with Crippen LogP contribution in [-0.4, -0.2) is 44.1 Å². The molecule has 2 N–H and O–H groups in total. The van der Waals surface area contributed by atoms with Crippen LogP contribution in [0.2, 0.25) is 0 Å². The average Bonchev–Trinajstić information content (AvgIpc) is 2.47. The summed E-state index contributed by atoms with van der Waals surface area (Å²) in [6.07, 6.45) is 1.88. The van der Waals surface area contributed by atoms with Crippen molar-refractivity contribution in [3.63, 3.8) is 0 Å². The summed E-state index contributed by atoms with van der Waals surface area (Å²) in [5.41, 5.74) is 0.603. The highest BCUT2D eigenvalue weighted by molar-refractivity contribution is 7.89. The highest BCUT2D eigenvalue weighted by Gasteiger charge is 2.24. The highest BCUT2D eigenvalue weighted by atomic mass is 32.2. The van der Waals surface area contributed by atoms with Crippen LogP contribution < -0.4 is 4.72 Å². The lowest BCUT2D eigenvalue weighted by Gasteiger charge is -2.32. The van der Waals surface area contributed by atoms with Crippen molar-refractivity contribution < 1.29 is 13.5 Å². The van der Waals surface area contributed by atoms with Crippen molar-refractivity contribution in [2.45, 2.75) is 37.3 Å². The first-order valence-corrected chi connectivity index (χ1v) is 8.48. The van der Waals surface area contributed by atoms with Crippen LogP contribution in [-0.2, 0) is 16.6 Å². The van der Waals surface area contributed by atoms with Crippen LogP contribution in [0.4, 0.5) is 0 Å². The summed E-state index contributed by atoms with van der Waals surface area (Å²) in [5, 5.41) is 9.09. The smallest absolute Gasteiger partial charge is 0.240 e. The first kappa shape index (κ1) is 15.4. The van der Waals surface area contributed by atoms with E-state index in [-0.39, 0.29) is 17.5 Å². The molecule has 1 heterocycles. The van der Waals surface area contributed by atoms with Gasteiger partial charge in [0.1, 0.15) is 0 Å². The molecule has 1 aromatic rings. The molecule has 5 nitrogen and oxygen atoms in total. The second kappa shape index (κ2) is 6.67. The Bertz CT molecular complexity index is 545. The molecule has 2 rings (SSSR count). The van der Waals surface area contributed by atoms with Gasteiger partial charge in [0.15, 0.2) is 0 Å². The SMILES string of the molecule is CCN1CCCC(NS(=O)(=O)c2cccc(CO)c2)C1. The van der Waals surface area contributed by atoms with E-state index in [9.17, 15) is 8.42 Å². The zero-order valence-corrected chi connectivity index (χ0v) is 12.6. The lowest BCUT2D eigenvalue weighted by Crippen LogP contribution is -2.47. The summed E-state index contributed by atoms with van der Waals surface area (Å²) in [4.78, 5) is 2.47. The predicted octanol–water partition coefficient (Wildman–Crippen LogP) is 0.941. The first-order valence-electron chi connectivity index (χ1n) is 6.99. The number of aliphatic hydroxyl groups excluding tert-OH is 1. The van der Waals surface area contributed by atoms with Crippen LogP contribution >= 0.6 is 0 Å². The van der Waals surface area contributed by atoms with E-state index < -0.39 is 10.0 Å². The molecule has 0 aliphatic carbocycles. The van der Waals surface area contributed by atoms with Crippen molar-refractivity contribution in [1.82, 2.24) is 9.62 Å². The number of hydrogen-bond acceptors (Lipinski definition) is 4. The van der Waals surface area contributed by atoms with Gasteiger partial charge in [-0.15, -0.1) is 0 Å². The Morgan fingerprint density at radius 2 is 2.25 bits per heavy atom. The van der Waals surface area contributed by atoms with Gasteiger partial charge in [-0.1, -0.05) is 19.1 Å². The summed E-state index contributed by atoms with van der Waals surface area (Å²) < 4.78 is 27.5. The fourth-order valence-electron chi connectivity index (χ4n) is 2.54. The van der Waals surface area contributed by atoms with E-state index in [0.717, 1.165) is 32.5 Å². The van der Waals surface area contributed by atoms with Gasteiger partial charge in [0.25, 0.3) is 0 Å². The van der Waals surface area contributed by atoms with Crippen LogP contribution in [0, 0.1) is 0 Å². The maximum atomic E-state index is 12.4. The Kier molecular flexibility index (Phi) is 5.15. The van der Waals surface area contributed by atoms with Gasteiger partial charge in [-0.05, 0) is 43.6 Å².